The predicted octanol–water partition coefficient (Wildman–Crippen LogP) is 0.340. The van der Waals surface area contributed by atoms with Gasteiger partial charge in [0.25, 0.3) is 5.89 Å². The smallest absolute Gasteiger partial charge is 0.278 e. The van der Waals surface area contributed by atoms with Crippen LogP contribution in [0, 0.1) is 6.92 Å². The van der Waals surface area contributed by atoms with Crippen LogP contribution in [0.3, 0.4) is 0 Å². The van der Waals surface area contributed by atoms with Gasteiger partial charge in [0.2, 0.25) is 0 Å². The van der Waals surface area contributed by atoms with Crippen molar-refractivity contribution < 1.29 is 4.52 Å². The van der Waals surface area contributed by atoms with Crippen LogP contribution in [0.2, 0.25) is 0 Å². The van der Waals surface area contributed by atoms with Crippen molar-refractivity contribution in [1.29, 1.82) is 0 Å². The number of hydrogen-bond donors (Lipinski definition) is 1. The molecule has 0 aliphatic rings. The van der Waals surface area contributed by atoms with Crippen molar-refractivity contribution >= 4 is 0 Å². The minimum atomic E-state index is -0.262. The van der Waals surface area contributed by atoms with Gasteiger partial charge < -0.3 is 15.2 Å². The lowest BCUT2D eigenvalue weighted by Crippen LogP contribution is -2.26. The molecule has 0 spiro atoms. The Labute approximate surface area is 106 Å². The molecule has 0 bridgehead atoms. The first-order valence-corrected chi connectivity index (χ1v) is 5.72. The van der Waals surface area contributed by atoms with E-state index in [0.29, 0.717) is 24.0 Å². The molecule has 1 atom stereocenters. The lowest BCUT2D eigenvalue weighted by molar-refractivity contribution is 0.357. The standard InChI is InChI=1S/C11H18N6O/c1-7-5-9(14-17(7)4)11-13-10(15-18-11)8(12)6-16(2)3/h5,8H,6,12H2,1-4H3. The summed E-state index contributed by atoms with van der Waals surface area (Å²) >= 11 is 0. The number of aryl methyl sites for hydroxylation is 2. The summed E-state index contributed by atoms with van der Waals surface area (Å²) in [5, 5.41) is 8.18. The summed E-state index contributed by atoms with van der Waals surface area (Å²) in [4.78, 5) is 6.26. The van der Waals surface area contributed by atoms with E-state index in [1.165, 1.54) is 0 Å². The number of nitrogens with two attached hydrogens (primary N) is 1. The van der Waals surface area contributed by atoms with E-state index in [2.05, 4.69) is 15.2 Å². The molecule has 0 fully saturated rings. The van der Waals surface area contributed by atoms with Crippen LogP contribution in [0.25, 0.3) is 11.6 Å². The number of likely N-dealkylation sites (N-methyl/N-ethyl adjacent to an activating group) is 1. The van der Waals surface area contributed by atoms with Gasteiger partial charge in [-0.15, -0.1) is 0 Å². The summed E-state index contributed by atoms with van der Waals surface area (Å²) in [5.41, 5.74) is 7.67. The Balaban J connectivity index is 2.20. The van der Waals surface area contributed by atoms with E-state index in [1.54, 1.807) is 4.68 Å². The summed E-state index contributed by atoms with van der Waals surface area (Å²) in [6, 6.07) is 1.64. The maximum atomic E-state index is 5.97. The second-order valence-corrected chi connectivity index (χ2v) is 4.62. The maximum absolute atomic E-state index is 5.97. The fourth-order valence-corrected chi connectivity index (χ4v) is 1.63. The highest BCUT2D eigenvalue weighted by molar-refractivity contribution is 5.46. The SMILES string of the molecule is Cc1cc(-c2nc(C(N)CN(C)C)no2)nn1C. The average molecular weight is 250 g/mol. The molecule has 2 aromatic rings. The molecule has 98 valence electrons. The lowest BCUT2D eigenvalue weighted by Gasteiger charge is -2.12. The van der Waals surface area contributed by atoms with Crippen LogP contribution in [0.5, 0.6) is 0 Å². The van der Waals surface area contributed by atoms with Crippen LogP contribution in [-0.2, 0) is 7.05 Å². The normalized spacial score (nSPS) is 13.2. The summed E-state index contributed by atoms with van der Waals surface area (Å²) in [6.07, 6.45) is 0. The molecule has 0 aliphatic carbocycles. The fourth-order valence-electron chi connectivity index (χ4n) is 1.63. The molecule has 2 heterocycles. The zero-order valence-electron chi connectivity index (χ0n) is 11.1. The second kappa shape index (κ2) is 4.87. The summed E-state index contributed by atoms with van der Waals surface area (Å²) < 4.78 is 6.95. The summed E-state index contributed by atoms with van der Waals surface area (Å²) in [7, 11) is 5.76. The Morgan fingerprint density at radius 3 is 2.78 bits per heavy atom. The van der Waals surface area contributed by atoms with E-state index in [0.717, 1.165) is 5.69 Å². The van der Waals surface area contributed by atoms with E-state index in [9.17, 15) is 0 Å². The van der Waals surface area contributed by atoms with E-state index in [4.69, 9.17) is 10.3 Å². The monoisotopic (exact) mass is 250 g/mol. The zero-order valence-corrected chi connectivity index (χ0v) is 11.1. The Kier molecular flexibility index (Phi) is 3.44. The average Bonchev–Trinajstić information content (AvgIpc) is 2.86. The Morgan fingerprint density at radius 2 is 2.22 bits per heavy atom. The van der Waals surface area contributed by atoms with Crippen molar-refractivity contribution in [1.82, 2.24) is 24.8 Å². The van der Waals surface area contributed by atoms with Gasteiger partial charge in [-0.25, -0.2) is 0 Å². The first-order chi connectivity index (χ1) is 8.47. The minimum Gasteiger partial charge on any atom is -0.332 e. The van der Waals surface area contributed by atoms with Crippen molar-refractivity contribution in [3.63, 3.8) is 0 Å². The third-order valence-corrected chi connectivity index (χ3v) is 2.67. The highest BCUT2D eigenvalue weighted by Gasteiger charge is 2.17. The molecule has 2 aromatic heterocycles. The molecule has 0 saturated heterocycles. The van der Waals surface area contributed by atoms with Gasteiger partial charge in [0.05, 0.1) is 6.04 Å². The Hall–Kier alpha value is -1.73. The molecule has 0 saturated carbocycles. The van der Waals surface area contributed by atoms with Crippen LogP contribution >= 0.6 is 0 Å². The van der Waals surface area contributed by atoms with Crippen LogP contribution in [0.15, 0.2) is 10.6 Å². The molecule has 18 heavy (non-hydrogen) atoms. The van der Waals surface area contributed by atoms with Gasteiger partial charge in [-0.2, -0.15) is 10.1 Å². The van der Waals surface area contributed by atoms with Crippen LogP contribution in [-0.4, -0.2) is 45.5 Å². The van der Waals surface area contributed by atoms with Crippen molar-refractivity contribution in [3.05, 3.63) is 17.6 Å². The molecule has 0 radical (unpaired) electrons. The molecule has 0 aliphatic heterocycles. The van der Waals surface area contributed by atoms with Gasteiger partial charge in [-0.1, -0.05) is 5.16 Å². The summed E-state index contributed by atoms with van der Waals surface area (Å²) in [6.45, 7) is 2.63. The maximum Gasteiger partial charge on any atom is 0.278 e. The second-order valence-electron chi connectivity index (χ2n) is 4.62. The van der Waals surface area contributed by atoms with E-state index >= 15 is 0 Å². The van der Waals surface area contributed by atoms with Gasteiger partial charge in [0.1, 0.15) is 0 Å². The van der Waals surface area contributed by atoms with E-state index in [1.807, 2.05) is 39.0 Å². The highest BCUT2D eigenvalue weighted by atomic mass is 16.5. The molecule has 7 heteroatoms. The molecule has 1 unspecified atom stereocenters. The topological polar surface area (TPSA) is 86.0 Å². The van der Waals surface area contributed by atoms with Crippen molar-refractivity contribution in [2.75, 3.05) is 20.6 Å². The van der Waals surface area contributed by atoms with Crippen molar-refractivity contribution in [2.24, 2.45) is 12.8 Å². The molecule has 2 rings (SSSR count). The van der Waals surface area contributed by atoms with Crippen LogP contribution < -0.4 is 5.73 Å². The highest BCUT2D eigenvalue weighted by Crippen LogP contribution is 2.18. The molecule has 2 N–H and O–H groups in total. The third-order valence-electron chi connectivity index (χ3n) is 2.67. The first-order valence-electron chi connectivity index (χ1n) is 5.72. The molecular formula is C11H18N6O. The Bertz CT molecular complexity index is 510. The number of nitrogens with zero attached hydrogens (tertiary/aromatic N) is 5. The number of rotatable bonds is 4. The number of hydrogen-bond acceptors (Lipinski definition) is 6. The minimum absolute atomic E-state index is 0.262. The quantitative estimate of drug-likeness (QED) is 0.842. The van der Waals surface area contributed by atoms with E-state index in [-0.39, 0.29) is 6.04 Å². The van der Waals surface area contributed by atoms with Crippen LogP contribution in [0.4, 0.5) is 0 Å². The van der Waals surface area contributed by atoms with Gasteiger partial charge in [0.15, 0.2) is 11.5 Å². The van der Waals surface area contributed by atoms with Crippen LogP contribution in [0.1, 0.15) is 17.6 Å². The molecular weight excluding hydrogens is 232 g/mol. The fraction of sp³-hybridized carbons (Fsp3) is 0.545. The Morgan fingerprint density at radius 1 is 1.50 bits per heavy atom. The molecule has 0 aromatic carbocycles. The molecule has 0 amide bonds. The van der Waals surface area contributed by atoms with Gasteiger partial charge in [-0.3, -0.25) is 4.68 Å². The van der Waals surface area contributed by atoms with Crippen molar-refractivity contribution in [2.45, 2.75) is 13.0 Å². The van der Waals surface area contributed by atoms with Gasteiger partial charge in [0, 0.05) is 19.3 Å². The van der Waals surface area contributed by atoms with Gasteiger partial charge >= 0.3 is 0 Å². The lowest BCUT2D eigenvalue weighted by atomic mass is 10.3. The van der Waals surface area contributed by atoms with E-state index < -0.39 is 0 Å². The predicted molar refractivity (Wildman–Crippen MR) is 66.7 cm³/mol. The molecule has 7 nitrogen and oxygen atoms in total. The first kappa shape index (κ1) is 12.7. The third kappa shape index (κ3) is 2.57. The number of aromatic nitrogens is 4. The zero-order chi connectivity index (χ0) is 13.3. The van der Waals surface area contributed by atoms with Gasteiger partial charge in [-0.05, 0) is 27.1 Å². The summed E-state index contributed by atoms with van der Waals surface area (Å²) in [5.74, 6) is 0.907. The van der Waals surface area contributed by atoms with Crippen molar-refractivity contribution in [3.8, 4) is 11.6 Å². The largest absolute Gasteiger partial charge is 0.332 e.